The highest BCUT2D eigenvalue weighted by molar-refractivity contribution is 5.40. The Kier molecular flexibility index (Phi) is 6.14. The lowest BCUT2D eigenvalue weighted by atomic mass is 9.85. The molecule has 0 amide bonds. The van der Waals surface area contributed by atoms with Crippen molar-refractivity contribution in [1.82, 2.24) is 0 Å². The van der Waals surface area contributed by atoms with E-state index in [1.165, 1.54) is 11.1 Å². The summed E-state index contributed by atoms with van der Waals surface area (Å²) in [6, 6.07) is 6.60. The Hall–Kier alpha value is -1.42. The van der Waals surface area contributed by atoms with Gasteiger partial charge < -0.3 is 4.74 Å². The van der Waals surface area contributed by atoms with Crippen molar-refractivity contribution >= 4 is 0 Å². The average molecular weight is 272 g/mol. The molecular formula is C19H28O. The Morgan fingerprint density at radius 2 is 1.95 bits per heavy atom. The highest BCUT2D eigenvalue weighted by atomic mass is 16.5. The Balaban J connectivity index is 3.07. The summed E-state index contributed by atoms with van der Waals surface area (Å²) in [4.78, 5) is 0. The molecule has 0 saturated carbocycles. The normalized spacial score (nSPS) is 12.5. The van der Waals surface area contributed by atoms with Crippen LogP contribution >= 0.6 is 0 Å². The van der Waals surface area contributed by atoms with E-state index in [-0.39, 0.29) is 5.41 Å². The van der Waals surface area contributed by atoms with Crippen molar-refractivity contribution in [3.05, 3.63) is 29.3 Å². The van der Waals surface area contributed by atoms with Gasteiger partial charge in [-0.05, 0) is 42.4 Å². The van der Waals surface area contributed by atoms with E-state index in [1.807, 2.05) is 6.92 Å². The van der Waals surface area contributed by atoms with Crippen molar-refractivity contribution in [2.24, 2.45) is 5.92 Å². The summed E-state index contributed by atoms with van der Waals surface area (Å²) in [7, 11) is 0. The summed E-state index contributed by atoms with van der Waals surface area (Å²) in [5, 5.41) is 0. The fourth-order valence-electron chi connectivity index (χ4n) is 2.19. The second kappa shape index (κ2) is 7.39. The summed E-state index contributed by atoms with van der Waals surface area (Å²) in [6.45, 7) is 13.7. The van der Waals surface area contributed by atoms with E-state index in [1.54, 1.807) is 0 Å². The standard InChI is InChI=1S/C19H28O/c1-7-9-15(3)13-16-14-17(19(4,5)6)10-11-18(16)20-12-8-2/h10-11,14-15H,8,12-13H2,1-6H3. The van der Waals surface area contributed by atoms with Crippen molar-refractivity contribution in [1.29, 1.82) is 0 Å². The first-order valence-corrected chi connectivity index (χ1v) is 7.57. The molecule has 0 saturated heterocycles. The largest absolute Gasteiger partial charge is 0.493 e. The predicted molar refractivity (Wildman–Crippen MR) is 87.2 cm³/mol. The molecule has 1 rings (SSSR count). The van der Waals surface area contributed by atoms with Crippen molar-refractivity contribution < 1.29 is 4.74 Å². The van der Waals surface area contributed by atoms with E-state index in [4.69, 9.17) is 4.74 Å². The quantitative estimate of drug-likeness (QED) is 0.687. The lowest BCUT2D eigenvalue weighted by molar-refractivity contribution is 0.313. The minimum atomic E-state index is 0.164. The Morgan fingerprint density at radius 3 is 2.50 bits per heavy atom. The smallest absolute Gasteiger partial charge is 0.122 e. The third-order valence-electron chi connectivity index (χ3n) is 3.31. The zero-order chi connectivity index (χ0) is 15.2. The summed E-state index contributed by atoms with van der Waals surface area (Å²) in [6.07, 6.45) is 1.98. The molecule has 20 heavy (non-hydrogen) atoms. The topological polar surface area (TPSA) is 9.23 Å². The number of ether oxygens (including phenoxy) is 1. The molecule has 0 heterocycles. The molecule has 0 radical (unpaired) electrons. The molecule has 110 valence electrons. The number of hydrogen-bond donors (Lipinski definition) is 0. The average Bonchev–Trinajstić information content (AvgIpc) is 2.36. The minimum Gasteiger partial charge on any atom is -0.493 e. The molecular weight excluding hydrogens is 244 g/mol. The van der Waals surface area contributed by atoms with Crippen LogP contribution in [0.2, 0.25) is 0 Å². The van der Waals surface area contributed by atoms with Crippen molar-refractivity contribution in [3.8, 4) is 17.6 Å². The zero-order valence-electron chi connectivity index (χ0n) is 13.8. The molecule has 0 N–H and O–H groups in total. The van der Waals surface area contributed by atoms with Crippen LogP contribution in [0.1, 0.15) is 59.1 Å². The van der Waals surface area contributed by atoms with Crippen molar-refractivity contribution in [2.75, 3.05) is 6.61 Å². The molecule has 1 atom stereocenters. The monoisotopic (exact) mass is 272 g/mol. The van der Waals surface area contributed by atoms with Gasteiger partial charge in [0.05, 0.1) is 6.61 Å². The summed E-state index contributed by atoms with van der Waals surface area (Å²) < 4.78 is 5.88. The fraction of sp³-hybridized carbons (Fsp3) is 0.579. The van der Waals surface area contributed by atoms with Gasteiger partial charge in [-0.25, -0.2) is 0 Å². The molecule has 1 aromatic carbocycles. The van der Waals surface area contributed by atoms with Gasteiger partial charge in [0.2, 0.25) is 0 Å². The van der Waals surface area contributed by atoms with Gasteiger partial charge in [-0.2, -0.15) is 0 Å². The fourth-order valence-corrected chi connectivity index (χ4v) is 2.19. The molecule has 0 aromatic heterocycles. The van der Waals surface area contributed by atoms with Gasteiger partial charge in [-0.1, -0.05) is 46.8 Å². The maximum Gasteiger partial charge on any atom is 0.122 e. The first kappa shape index (κ1) is 16.6. The lowest BCUT2D eigenvalue weighted by Crippen LogP contribution is -2.12. The van der Waals surface area contributed by atoms with Gasteiger partial charge in [0.1, 0.15) is 5.75 Å². The highest BCUT2D eigenvalue weighted by Crippen LogP contribution is 2.29. The molecule has 0 fully saturated rings. The van der Waals surface area contributed by atoms with E-state index in [9.17, 15) is 0 Å². The van der Waals surface area contributed by atoms with E-state index < -0.39 is 0 Å². The molecule has 1 unspecified atom stereocenters. The van der Waals surface area contributed by atoms with Gasteiger partial charge in [-0.15, -0.1) is 11.8 Å². The van der Waals surface area contributed by atoms with Crippen molar-refractivity contribution in [3.63, 3.8) is 0 Å². The van der Waals surface area contributed by atoms with Gasteiger partial charge >= 0.3 is 0 Å². The van der Waals surface area contributed by atoms with Crippen LogP contribution < -0.4 is 4.74 Å². The molecule has 0 aliphatic heterocycles. The van der Waals surface area contributed by atoms with Gasteiger partial charge in [0, 0.05) is 5.92 Å². The first-order chi connectivity index (χ1) is 9.38. The van der Waals surface area contributed by atoms with Crippen molar-refractivity contribution in [2.45, 2.75) is 59.8 Å². The molecule has 1 aromatic rings. The Bertz CT molecular complexity index is 483. The maximum atomic E-state index is 5.88. The van der Waals surface area contributed by atoms with Crippen LogP contribution in [0.5, 0.6) is 5.75 Å². The Morgan fingerprint density at radius 1 is 1.25 bits per heavy atom. The van der Waals surface area contributed by atoms with Crippen LogP contribution in [-0.2, 0) is 11.8 Å². The SMILES string of the molecule is CC#CC(C)Cc1cc(C(C)(C)C)ccc1OCCC. The molecule has 1 nitrogen and oxygen atoms in total. The van der Waals surface area contributed by atoms with E-state index >= 15 is 0 Å². The minimum absolute atomic E-state index is 0.164. The van der Waals surface area contributed by atoms with Gasteiger partial charge in [-0.3, -0.25) is 0 Å². The van der Waals surface area contributed by atoms with Crippen LogP contribution in [0.4, 0.5) is 0 Å². The van der Waals surface area contributed by atoms with Gasteiger partial charge in [0.15, 0.2) is 0 Å². The molecule has 0 bridgehead atoms. The number of hydrogen-bond acceptors (Lipinski definition) is 1. The molecule has 1 heteroatoms. The first-order valence-electron chi connectivity index (χ1n) is 7.57. The summed E-state index contributed by atoms with van der Waals surface area (Å²) in [5.41, 5.74) is 2.80. The van der Waals surface area contributed by atoms with Crippen LogP contribution in [0.25, 0.3) is 0 Å². The summed E-state index contributed by atoms with van der Waals surface area (Å²) in [5.74, 6) is 7.61. The third kappa shape index (κ3) is 4.93. The summed E-state index contributed by atoms with van der Waals surface area (Å²) >= 11 is 0. The number of rotatable bonds is 5. The van der Waals surface area contributed by atoms with Crippen LogP contribution in [0.3, 0.4) is 0 Å². The predicted octanol–water partition coefficient (Wildman–Crippen LogP) is 4.97. The van der Waals surface area contributed by atoms with E-state index in [0.717, 1.165) is 25.2 Å². The second-order valence-electron chi connectivity index (χ2n) is 6.42. The van der Waals surface area contributed by atoms with Crippen LogP contribution in [0, 0.1) is 17.8 Å². The van der Waals surface area contributed by atoms with E-state index in [2.05, 4.69) is 64.7 Å². The molecule has 0 aliphatic rings. The zero-order valence-corrected chi connectivity index (χ0v) is 13.8. The van der Waals surface area contributed by atoms with Crippen LogP contribution in [0.15, 0.2) is 18.2 Å². The van der Waals surface area contributed by atoms with Crippen LogP contribution in [-0.4, -0.2) is 6.61 Å². The molecule has 0 aliphatic carbocycles. The van der Waals surface area contributed by atoms with Gasteiger partial charge in [0.25, 0.3) is 0 Å². The molecule has 0 spiro atoms. The number of benzene rings is 1. The lowest BCUT2D eigenvalue weighted by Gasteiger charge is -2.22. The van der Waals surface area contributed by atoms with E-state index in [0.29, 0.717) is 5.92 Å². The Labute approximate surface area is 124 Å². The third-order valence-corrected chi connectivity index (χ3v) is 3.31. The maximum absolute atomic E-state index is 5.88. The second-order valence-corrected chi connectivity index (χ2v) is 6.42. The highest BCUT2D eigenvalue weighted by Gasteiger charge is 2.16.